The quantitative estimate of drug-likeness (QED) is 0.761. The Labute approximate surface area is 104 Å². The van der Waals surface area contributed by atoms with Crippen molar-refractivity contribution in [2.24, 2.45) is 0 Å². The van der Waals surface area contributed by atoms with Gasteiger partial charge in [0.25, 0.3) is 10.0 Å². The predicted octanol–water partition coefficient (Wildman–Crippen LogP) is 0.805. The Balaban J connectivity index is 2.36. The average molecular weight is 267 g/mol. The molecule has 0 unspecified atom stereocenters. The van der Waals surface area contributed by atoms with Crippen molar-refractivity contribution in [2.45, 2.75) is 18.7 Å². The Bertz CT molecular complexity index is 641. The lowest BCUT2D eigenvalue weighted by molar-refractivity contribution is 0.600. The molecular formula is C10H13N5O2S. The molecule has 2 heterocycles. The highest BCUT2D eigenvalue weighted by atomic mass is 32.2. The number of aryl methyl sites for hydroxylation is 2. The number of pyridine rings is 1. The molecule has 0 radical (unpaired) electrons. The van der Waals surface area contributed by atoms with Crippen LogP contribution in [0, 0.1) is 13.8 Å². The Morgan fingerprint density at radius 2 is 2.06 bits per heavy atom. The number of rotatable bonds is 3. The number of aromatic nitrogens is 3. The topological polar surface area (TPSA) is 114 Å². The molecule has 2 aromatic heterocycles. The van der Waals surface area contributed by atoms with Crippen molar-refractivity contribution in [3.05, 3.63) is 29.7 Å². The zero-order chi connectivity index (χ0) is 13.3. The maximum absolute atomic E-state index is 12.2. The van der Waals surface area contributed by atoms with E-state index in [-0.39, 0.29) is 4.90 Å². The number of nitrogens with one attached hydrogen (secondary N) is 2. The van der Waals surface area contributed by atoms with Crippen molar-refractivity contribution in [2.75, 3.05) is 10.5 Å². The number of hydrogen-bond acceptors (Lipinski definition) is 5. The Hall–Kier alpha value is -2.09. The third-order valence-corrected chi connectivity index (χ3v) is 4.01. The zero-order valence-corrected chi connectivity index (χ0v) is 10.7. The predicted molar refractivity (Wildman–Crippen MR) is 67.5 cm³/mol. The van der Waals surface area contributed by atoms with Crippen molar-refractivity contribution in [1.82, 2.24) is 15.2 Å². The van der Waals surface area contributed by atoms with Gasteiger partial charge in [-0.15, -0.1) is 0 Å². The Morgan fingerprint density at radius 1 is 1.33 bits per heavy atom. The summed E-state index contributed by atoms with van der Waals surface area (Å²) >= 11 is 0. The van der Waals surface area contributed by atoms with Crippen LogP contribution in [0.4, 0.5) is 11.5 Å². The van der Waals surface area contributed by atoms with Gasteiger partial charge in [-0.05, 0) is 26.0 Å². The van der Waals surface area contributed by atoms with E-state index in [9.17, 15) is 8.42 Å². The van der Waals surface area contributed by atoms with E-state index in [2.05, 4.69) is 19.9 Å². The van der Waals surface area contributed by atoms with Crippen LogP contribution in [-0.4, -0.2) is 23.6 Å². The molecule has 18 heavy (non-hydrogen) atoms. The molecule has 0 amide bonds. The molecule has 0 bridgehead atoms. The minimum absolute atomic E-state index is 0.152. The molecule has 0 aliphatic rings. The minimum atomic E-state index is -3.67. The molecule has 0 spiro atoms. The standard InChI is InChI=1S/C10H13N5O2S/c1-6-10(7(2)14-13-6)18(16,17)15-8-3-4-9(11)12-5-8/h3-5,15H,1-2H3,(H2,11,12)(H,13,14). The second kappa shape index (κ2) is 4.30. The van der Waals surface area contributed by atoms with Crippen LogP contribution < -0.4 is 10.5 Å². The number of nitrogens with zero attached hydrogens (tertiary/aromatic N) is 2. The van der Waals surface area contributed by atoms with Gasteiger partial charge < -0.3 is 5.73 Å². The van der Waals surface area contributed by atoms with E-state index in [1.54, 1.807) is 19.9 Å². The average Bonchev–Trinajstić information content (AvgIpc) is 2.62. The van der Waals surface area contributed by atoms with Crippen LogP contribution in [0.3, 0.4) is 0 Å². The molecule has 0 aliphatic heterocycles. The molecule has 8 heteroatoms. The Morgan fingerprint density at radius 3 is 2.56 bits per heavy atom. The van der Waals surface area contributed by atoms with Gasteiger partial charge >= 0.3 is 0 Å². The van der Waals surface area contributed by atoms with Crippen molar-refractivity contribution in [3.63, 3.8) is 0 Å². The molecule has 4 N–H and O–H groups in total. The molecule has 0 aliphatic carbocycles. The molecule has 7 nitrogen and oxygen atoms in total. The summed E-state index contributed by atoms with van der Waals surface area (Å²) in [6.45, 7) is 3.27. The van der Waals surface area contributed by atoms with Crippen LogP contribution in [0.15, 0.2) is 23.2 Å². The number of aromatic amines is 1. The third-order valence-electron chi connectivity index (χ3n) is 2.37. The van der Waals surface area contributed by atoms with E-state index in [1.165, 1.54) is 12.3 Å². The fourth-order valence-corrected chi connectivity index (χ4v) is 3.02. The molecular weight excluding hydrogens is 254 g/mol. The van der Waals surface area contributed by atoms with E-state index >= 15 is 0 Å². The zero-order valence-electron chi connectivity index (χ0n) is 9.93. The van der Waals surface area contributed by atoms with Crippen LogP contribution in [0.1, 0.15) is 11.4 Å². The molecule has 0 fully saturated rings. The third kappa shape index (κ3) is 2.28. The maximum atomic E-state index is 12.2. The van der Waals surface area contributed by atoms with Gasteiger partial charge in [0.05, 0.1) is 23.3 Å². The molecule has 2 rings (SSSR count). The lowest BCUT2D eigenvalue weighted by Crippen LogP contribution is -2.14. The minimum Gasteiger partial charge on any atom is -0.384 e. The normalized spacial score (nSPS) is 11.4. The number of nitrogens with two attached hydrogens (primary N) is 1. The van der Waals surface area contributed by atoms with Gasteiger partial charge in [0, 0.05) is 0 Å². The fourth-order valence-electron chi connectivity index (χ4n) is 1.61. The summed E-state index contributed by atoms with van der Waals surface area (Å²) in [5, 5.41) is 6.49. The van der Waals surface area contributed by atoms with Crippen LogP contribution in [0.2, 0.25) is 0 Å². The van der Waals surface area contributed by atoms with Gasteiger partial charge in [-0.25, -0.2) is 13.4 Å². The summed E-state index contributed by atoms with van der Waals surface area (Å²) in [6, 6.07) is 3.07. The smallest absolute Gasteiger partial charge is 0.265 e. The molecule has 0 saturated heterocycles. The van der Waals surface area contributed by atoms with E-state index in [1.807, 2.05) is 0 Å². The maximum Gasteiger partial charge on any atom is 0.265 e. The largest absolute Gasteiger partial charge is 0.384 e. The molecule has 2 aromatic rings. The van der Waals surface area contributed by atoms with Crippen LogP contribution in [0.25, 0.3) is 0 Å². The second-order valence-corrected chi connectivity index (χ2v) is 5.46. The summed E-state index contributed by atoms with van der Waals surface area (Å²) in [5.41, 5.74) is 6.69. The van der Waals surface area contributed by atoms with Gasteiger partial charge in [-0.1, -0.05) is 0 Å². The van der Waals surface area contributed by atoms with Crippen LogP contribution in [0.5, 0.6) is 0 Å². The van der Waals surface area contributed by atoms with Crippen molar-refractivity contribution in [3.8, 4) is 0 Å². The summed E-state index contributed by atoms with van der Waals surface area (Å²) < 4.78 is 26.7. The van der Waals surface area contributed by atoms with Crippen LogP contribution in [-0.2, 0) is 10.0 Å². The van der Waals surface area contributed by atoms with Gasteiger partial charge in [0.1, 0.15) is 10.7 Å². The summed E-state index contributed by atoms with van der Waals surface area (Å²) in [6.07, 6.45) is 1.36. The van der Waals surface area contributed by atoms with E-state index in [4.69, 9.17) is 5.73 Å². The Kier molecular flexibility index (Phi) is 2.95. The molecule has 0 aromatic carbocycles. The summed E-state index contributed by atoms with van der Waals surface area (Å²) in [4.78, 5) is 3.97. The van der Waals surface area contributed by atoms with Gasteiger partial charge in [-0.2, -0.15) is 5.10 Å². The first-order valence-corrected chi connectivity index (χ1v) is 6.64. The second-order valence-electron chi connectivity index (χ2n) is 3.84. The lowest BCUT2D eigenvalue weighted by atomic mass is 10.4. The van der Waals surface area contributed by atoms with E-state index in [0.717, 1.165) is 0 Å². The highest BCUT2D eigenvalue weighted by molar-refractivity contribution is 7.92. The van der Waals surface area contributed by atoms with Gasteiger partial charge in [-0.3, -0.25) is 9.82 Å². The highest BCUT2D eigenvalue weighted by Gasteiger charge is 2.22. The fraction of sp³-hybridized carbons (Fsp3) is 0.200. The molecule has 0 atom stereocenters. The number of anilines is 2. The van der Waals surface area contributed by atoms with Crippen molar-refractivity contribution in [1.29, 1.82) is 0 Å². The highest BCUT2D eigenvalue weighted by Crippen LogP contribution is 2.20. The molecule has 96 valence electrons. The monoisotopic (exact) mass is 267 g/mol. The van der Waals surface area contributed by atoms with Crippen LogP contribution >= 0.6 is 0 Å². The molecule has 0 saturated carbocycles. The van der Waals surface area contributed by atoms with E-state index < -0.39 is 10.0 Å². The SMILES string of the molecule is Cc1n[nH]c(C)c1S(=O)(=O)Nc1ccc(N)nc1. The number of hydrogen-bond donors (Lipinski definition) is 3. The number of H-pyrrole nitrogens is 1. The lowest BCUT2D eigenvalue weighted by Gasteiger charge is -2.07. The van der Waals surface area contributed by atoms with Gasteiger partial charge in [0.2, 0.25) is 0 Å². The first-order valence-electron chi connectivity index (χ1n) is 5.16. The summed E-state index contributed by atoms with van der Waals surface area (Å²) in [7, 11) is -3.67. The number of nitrogen functional groups attached to an aromatic ring is 1. The summed E-state index contributed by atoms with van der Waals surface area (Å²) in [5.74, 6) is 0.327. The first kappa shape index (κ1) is 12.4. The number of sulfonamides is 1. The van der Waals surface area contributed by atoms with Crippen molar-refractivity contribution < 1.29 is 8.42 Å². The van der Waals surface area contributed by atoms with Crippen molar-refractivity contribution >= 4 is 21.5 Å². The van der Waals surface area contributed by atoms with E-state index in [0.29, 0.717) is 22.9 Å². The van der Waals surface area contributed by atoms with Gasteiger partial charge in [0.15, 0.2) is 0 Å². The first-order chi connectivity index (χ1) is 8.40.